The van der Waals surface area contributed by atoms with Crippen molar-refractivity contribution < 1.29 is 4.42 Å². The summed E-state index contributed by atoms with van der Waals surface area (Å²) in [5.41, 5.74) is 0. The van der Waals surface area contributed by atoms with Crippen molar-refractivity contribution in [2.45, 2.75) is 24.1 Å². The molecule has 0 aliphatic carbocycles. The first-order valence-electron chi connectivity index (χ1n) is 5.71. The first kappa shape index (κ1) is 13.4. The lowest BCUT2D eigenvalue weighted by Gasteiger charge is -2.06. The lowest BCUT2D eigenvalue weighted by Crippen LogP contribution is -2.04. The molecule has 0 spiro atoms. The number of nitrogens with one attached hydrogen (secondary N) is 1. The summed E-state index contributed by atoms with van der Waals surface area (Å²) in [4.78, 5) is 8.68. The molecule has 0 saturated heterocycles. The second kappa shape index (κ2) is 6.80. The van der Waals surface area contributed by atoms with Gasteiger partial charge in [0.2, 0.25) is 5.95 Å². The van der Waals surface area contributed by atoms with Gasteiger partial charge in [-0.25, -0.2) is 9.97 Å². The predicted molar refractivity (Wildman–Crippen MR) is 76.8 cm³/mol. The zero-order valence-corrected chi connectivity index (χ0v) is 12.4. The van der Waals surface area contributed by atoms with Crippen molar-refractivity contribution in [2.75, 3.05) is 11.9 Å². The smallest absolute Gasteiger partial charge is 0.223 e. The van der Waals surface area contributed by atoms with Crippen molar-refractivity contribution >= 4 is 33.6 Å². The second-order valence-corrected chi connectivity index (χ2v) is 5.46. The Morgan fingerprint density at radius 2 is 2.39 bits per heavy atom. The Labute approximate surface area is 119 Å². The zero-order chi connectivity index (χ0) is 12.8. The zero-order valence-electron chi connectivity index (χ0n) is 10.0. The molecule has 0 fully saturated rings. The van der Waals surface area contributed by atoms with Crippen LogP contribution in [0.3, 0.4) is 0 Å². The molecule has 0 saturated carbocycles. The molecule has 0 aromatic carbocycles. The normalized spacial score (nSPS) is 10.6. The van der Waals surface area contributed by atoms with Crippen LogP contribution in [-0.2, 0) is 5.75 Å². The monoisotopic (exact) mass is 327 g/mol. The van der Waals surface area contributed by atoms with E-state index in [1.165, 1.54) is 0 Å². The van der Waals surface area contributed by atoms with Gasteiger partial charge in [0, 0.05) is 12.7 Å². The number of hydrogen-bond donors (Lipinski definition) is 1. The number of nitrogens with zero attached hydrogens (tertiary/aromatic N) is 2. The summed E-state index contributed by atoms with van der Waals surface area (Å²) in [6.07, 6.45) is 4.50. The van der Waals surface area contributed by atoms with Crippen molar-refractivity contribution in [2.24, 2.45) is 0 Å². The number of furan rings is 1. The van der Waals surface area contributed by atoms with Crippen LogP contribution in [0.2, 0.25) is 0 Å². The number of hydrogen-bond acceptors (Lipinski definition) is 5. The summed E-state index contributed by atoms with van der Waals surface area (Å²) >= 11 is 5.08. The Kier molecular flexibility index (Phi) is 5.07. The first-order chi connectivity index (χ1) is 8.79. The molecule has 2 heterocycles. The molecule has 6 heteroatoms. The molecular weight excluding hydrogens is 314 g/mol. The van der Waals surface area contributed by atoms with Gasteiger partial charge < -0.3 is 9.73 Å². The van der Waals surface area contributed by atoms with E-state index in [2.05, 4.69) is 38.1 Å². The molecule has 2 aromatic rings. The standard InChI is InChI=1S/C12H14BrN3OS/c1-2-5-14-12-15-7-10(13)11(16-12)18-8-9-4-3-6-17-9/h3-4,6-7H,2,5,8H2,1H3,(H,14,15,16). The Balaban J connectivity index is 2.01. The van der Waals surface area contributed by atoms with Crippen LogP contribution in [0.15, 0.2) is 38.5 Å². The van der Waals surface area contributed by atoms with Gasteiger partial charge in [0.05, 0.1) is 16.5 Å². The third-order valence-electron chi connectivity index (χ3n) is 2.18. The van der Waals surface area contributed by atoms with Gasteiger partial charge in [0.15, 0.2) is 0 Å². The van der Waals surface area contributed by atoms with E-state index in [0.717, 1.165) is 34.0 Å². The summed E-state index contributed by atoms with van der Waals surface area (Å²) in [6, 6.07) is 3.84. The quantitative estimate of drug-likeness (QED) is 0.643. The lowest BCUT2D eigenvalue weighted by molar-refractivity contribution is 0.530. The van der Waals surface area contributed by atoms with Crippen LogP contribution in [0.5, 0.6) is 0 Å². The molecule has 4 nitrogen and oxygen atoms in total. The van der Waals surface area contributed by atoms with E-state index in [9.17, 15) is 0 Å². The highest BCUT2D eigenvalue weighted by Crippen LogP contribution is 2.28. The summed E-state index contributed by atoms with van der Waals surface area (Å²) in [7, 11) is 0. The molecule has 2 aromatic heterocycles. The molecule has 0 atom stereocenters. The fourth-order valence-electron chi connectivity index (χ4n) is 1.31. The SMILES string of the molecule is CCCNc1ncc(Br)c(SCc2ccco2)n1. The molecule has 18 heavy (non-hydrogen) atoms. The minimum Gasteiger partial charge on any atom is -0.468 e. The maximum Gasteiger partial charge on any atom is 0.223 e. The average Bonchev–Trinajstić information content (AvgIpc) is 2.89. The van der Waals surface area contributed by atoms with E-state index >= 15 is 0 Å². The van der Waals surface area contributed by atoms with E-state index in [-0.39, 0.29) is 0 Å². The van der Waals surface area contributed by atoms with E-state index in [0.29, 0.717) is 5.95 Å². The Morgan fingerprint density at radius 1 is 1.50 bits per heavy atom. The fraction of sp³-hybridized carbons (Fsp3) is 0.333. The lowest BCUT2D eigenvalue weighted by atomic mass is 10.5. The van der Waals surface area contributed by atoms with E-state index < -0.39 is 0 Å². The third kappa shape index (κ3) is 3.74. The Hall–Kier alpha value is -1.01. The van der Waals surface area contributed by atoms with E-state index in [4.69, 9.17) is 4.42 Å². The van der Waals surface area contributed by atoms with Crippen molar-refractivity contribution in [1.29, 1.82) is 0 Å². The largest absolute Gasteiger partial charge is 0.468 e. The summed E-state index contributed by atoms with van der Waals surface area (Å²) < 4.78 is 6.20. The van der Waals surface area contributed by atoms with Crippen LogP contribution >= 0.6 is 27.7 Å². The van der Waals surface area contributed by atoms with Gasteiger partial charge >= 0.3 is 0 Å². The summed E-state index contributed by atoms with van der Waals surface area (Å²) in [6.45, 7) is 2.99. The molecule has 0 amide bonds. The number of aromatic nitrogens is 2. The van der Waals surface area contributed by atoms with Crippen LogP contribution in [0, 0.1) is 0 Å². The average molecular weight is 328 g/mol. The Bertz CT molecular complexity index is 490. The van der Waals surface area contributed by atoms with E-state index in [1.54, 1.807) is 24.2 Å². The molecule has 0 unspecified atom stereocenters. The molecule has 96 valence electrons. The first-order valence-corrected chi connectivity index (χ1v) is 7.49. The predicted octanol–water partition coefficient (Wildman–Crippen LogP) is 3.95. The topological polar surface area (TPSA) is 51.0 Å². The van der Waals surface area contributed by atoms with Gasteiger partial charge in [-0.3, -0.25) is 0 Å². The maximum absolute atomic E-state index is 5.30. The summed E-state index contributed by atoms with van der Waals surface area (Å²) in [5, 5.41) is 4.09. The Morgan fingerprint density at radius 3 is 3.11 bits per heavy atom. The highest BCUT2D eigenvalue weighted by Gasteiger charge is 2.07. The molecule has 0 radical (unpaired) electrons. The fourth-order valence-corrected chi connectivity index (χ4v) is 2.63. The number of thioether (sulfide) groups is 1. The van der Waals surface area contributed by atoms with Gasteiger partial charge in [-0.15, -0.1) is 0 Å². The highest BCUT2D eigenvalue weighted by molar-refractivity contribution is 9.10. The molecule has 2 rings (SSSR count). The summed E-state index contributed by atoms with van der Waals surface area (Å²) in [5.74, 6) is 2.37. The number of halogens is 1. The van der Waals surface area contributed by atoms with Gasteiger partial charge in [-0.2, -0.15) is 0 Å². The second-order valence-electron chi connectivity index (χ2n) is 3.64. The van der Waals surface area contributed by atoms with Crippen molar-refractivity contribution in [3.8, 4) is 0 Å². The third-order valence-corrected chi connectivity index (χ3v) is 4.03. The van der Waals surface area contributed by atoms with Crippen LogP contribution in [0.4, 0.5) is 5.95 Å². The number of anilines is 1. The minimum atomic E-state index is 0.669. The highest BCUT2D eigenvalue weighted by atomic mass is 79.9. The van der Waals surface area contributed by atoms with Crippen LogP contribution in [0.1, 0.15) is 19.1 Å². The minimum absolute atomic E-state index is 0.669. The van der Waals surface area contributed by atoms with Crippen molar-refractivity contribution in [3.05, 3.63) is 34.8 Å². The van der Waals surface area contributed by atoms with Crippen LogP contribution in [-0.4, -0.2) is 16.5 Å². The molecular formula is C12H14BrN3OS. The van der Waals surface area contributed by atoms with Crippen LogP contribution in [0.25, 0.3) is 0 Å². The van der Waals surface area contributed by atoms with Crippen molar-refractivity contribution in [1.82, 2.24) is 9.97 Å². The van der Waals surface area contributed by atoms with Crippen molar-refractivity contribution in [3.63, 3.8) is 0 Å². The maximum atomic E-state index is 5.30. The van der Waals surface area contributed by atoms with Gasteiger partial charge in [0.1, 0.15) is 10.8 Å². The number of rotatable bonds is 6. The van der Waals surface area contributed by atoms with Crippen LogP contribution < -0.4 is 5.32 Å². The molecule has 0 aliphatic rings. The van der Waals surface area contributed by atoms with E-state index in [1.807, 2.05) is 12.1 Å². The molecule has 1 N–H and O–H groups in total. The van der Waals surface area contributed by atoms with Gasteiger partial charge in [-0.1, -0.05) is 18.7 Å². The molecule has 0 bridgehead atoms. The molecule has 0 aliphatic heterocycles. The van der Waals surface area contributed by atoms with Gasteiger partial charge in [0.25, 0.3) is 0 Å². The van der Waals surface area contributed by atoms with Gasteiger partial charge in [-0.05, 0) is 34.5 Å².